The van der Waals surface area contributed by atoms with E-state index >= 15 is 0 Å². The van der Waals surface area contributed by atoms with Crippen LogP contribution in [0.3, 0.4) is 0 Å². The van der Waals surface area contributed by atoms with Crippen molar-refractivity contribution < 1.29 is 9.53 Å². The molecule has 0 fully saturated rings. The highest BCUT2D eigenvalue weighted by atomic mass is 16.5. The lowest BCUT2D eigenvalue weighted by molar-refractivity contribution is 0.102. The lowest BCUT2D eigenvalue weighted by Crippen LogP contribution is -2.15. The summed E-state index contributed by atoms with van der Waals surface area (Å²) in [5, 5.41) is 2.89. The van der Waals surface area contributed by atoms with E-state index in [9.17, 15) is 4.79 Å². The van der Waals surface area contributed by atoms with Crippen molar-refractivity contribution in [3.8, 4) is 5.75 Å². The minimum atomic E-state index is -0.180. The van der Waals surface area contributed by atoms with Crippen molar-refractivity contribution in [3.63, 3.8) is 0 Å². The monoisotopic (exact) mass is 295 g/mol. The molecular weight excluding hydrogens is 278 g/mol. The maximum absolute atomic E-state index is 12.6. The number of nitrogens with zero attached hydrogens (tertiary/aromatic N) is 2. The van der Waals surface area contributed by atoms with Crippen molar-refractivity contribution in [1.29, 1.82) is 0 Å². The Balaban J connectivity index is 1.94. The average Bonchev–Trinajstić information content (AvgIpc) is 2.83. The van der Waals surface area contributed by atoms with Crippen LogP contribution in [0.1, 0.15) is 21.7 Å². The smallest absolute Gasteiger partial charge is 0.274 e. The Morgan fingerprint density at radius 1 is 1.14 bits per heavy atom. The first kappa shape index (κ1) is 14.1. The molecule has 0 spiro atoms. The first-order valence-corrected chi connectivity index (χ1v) is 6.99. The lowest BCUT2D eigenvalue weighted by Gasteiger charge is -2.07. The molecule has 1 amide bonds. The van der Waals surface area contributed by atoms with Crippen LogP contribution in [-0.2, 0) is 0 Å². The highest BCUT2D eigenvalue weighted by Gasteiger charge is 2.16. The summed E-state index contributed by atoms with van der Waals surface area (Å²) in [5.41, 5.74) is 3.81. The Labute approximate surface area is 128 Å². The molecule has 5 nitrogen and oxygen atoms in total. The molecule has 22 heavy (non-hydrogen) atoms. The van der Waals surface area contributed by atoms with Crippen molar-refractivity contribution in [2.75, 3.05) is 12.4 Å². The van der Waals surface area contributed by atoms with Crippen LogP contribution in [0.4, 0.5) is 5.69 Å². The molecule has 112 valence electrons. The van der Waals surface area contributed by atoms with Crippen LogP contribution < -0.4 is 10.1 Å². The van der Waals surface area contributed by atoms with Gasteiger partial charge in [-0.2, -0.15) is 0 Å². The quantitative estimate of drug-likeness (QED) is 0.807. The highest BCUT2D eigenvalue weighted by Crippen LogP contribution is 2.18. The van der Waals surface area contributed by atoms with E-state index in [0.717, 1.165) is 17.0 Å². The van der Waals surface area contributed by atoms with Crippen LogP contribution in [0, 0.1) is 13.8 Å². The Morgan fingerprint density at radius 3 is 2.55 bits per heavy atom. The van der Waals surface area contributed by atoms with Gasteiger partial charge in [0.15, 0.2) is 0 Å². The third kappa shape index (κ3) is 2.53. The number of imidazole rings is 1. The number of hydrogen-bond donors (Lipinski definition) is 1. The minimum absolute atomic E-state index is 0.180. The largest absolute Gasteiger partial charge is 0.497 e. The van der Waals surface area contributed by atoms with Crippen LogP contribution in [0.25, 0.3) is 5.65 Å². The molecule has 0 aliphatic carbocycles. The predicted octanol–water partition coefficient (Wildman–Crippen LogP) is 3.21. The van der Waals surface area contributed by atoms with E-state index in [2.05, 4.69) is 10.3 Å². The van der Waals surface area contributed by atoms with E-state index in [0.29, 0.717) is 17.1 Å². The summed E-state index contributed by atoms with van der Waals surface area (Å²) in [6, 6.07) is 11.1. The van der Waals surface area contributed by atoms with Gasteiger partial charge in [0.05, 0.1) is 12.8 Å². The van der Waals surface area contributed by atoms with Gasteiger partial charge in [-0.15, -0.1) is 0 Å². The molecule has 0 saturated heterocycles. The fourth-order valence-corrected chi connectivity index (χ4v) is 2.41. The maximum atomic E-state index is 12.6. The van der Waals surface area contributed by atoms with Gasteiger partial charge < -0.3 is 10.1 Å². The number of aryl methyl sites for hydroxylation is 2. The van der Waals surface area contributed by atoms with Crippen molar-refractivity contribution in [3.05, 3.63) is 59.5 Å². The number of fused-ring (bicyclic) bond motifs is 1. The molecule has 2 aromatic heterocycles. The summed E-state index contributed by atoms with van der Waals surface area (Å²) in [6.45, 7) is 3.82. The second-order valence-corrected chi connectivity index (χ2v) is 5.16. The molecular formula is C17H17N3O2. The second kappa shape index (κ2) is 5.52. The number of anilines is 1. The zero-order valence-corrected chi connectivity index (χ0v) is 12.8. The van der Waals surface area contributed by atoms with E-state index in [1.807, 2.05) is 36.6 Å². The Bertz CT molecular complexity index is 835. The van der Waals surface area contributed by atoms with Crippen molar-refractivity contribution in [1.82, 2.24) is 9.38 Å². The molecule has 0 aliphatic heterocycles. The molecule has 0 bridgehead atoms. The van der Waals surface area contributed by atoms with E-state index in [-0.39, 0.29) is 5.91 Å². The van der Waals surface area contributed by atoms with Crippen LogP contribution >= 0.6 is 0 Å². The number of rotatable bonds is 3. The molecule has 0 atom stereocenters. The van der Waals surface area contributed by atoms with Gasteiger partial charge in [0.25, 0.3) is 5.91 Å². The summed E-state index contributed by atoms with van der Waals surface area (Å²) >= 11 is 0. The predicted molar refractivity (Wildman–Crippen MR) is 85.6 cm³/mol. The molecule has 0 saturated carbocycles. The number of carbonyl (C=O) groups excluding carboxylic acids is 1. The molecule has 3 rings (SSSR count). The van der Waals surface area contributed by atoms with E-state index in [1.165, 1.54) is 0 Å². The zero-order chi connectivity index (χ0) is 15.7. The third-order valence-corrected chi connectivity index (χ3v) is 3.50. The van der Waals surface area contributed by atoms with Gasteiger partial charge in [-0.1, -0.05) is 6.07 Å². The highest BCUT2D eigenvalue weighted by molar-refractivity contribution is 6.04. The number of amides is 1. The summed E-state index contributed by atoms with van der Waals surface area (Å²) in [5.74, 6) is 0.570. The summed E-state index contributed by atoms with van der Waals surface area (Å²) in [7, 11) is 1.61. The van der Waals surface area contributed by atoms with Gasteiger partial charge in [-0.05, 0) is 49.7 Å². The average molecular weight is 295 g/mol. The summed E-state index contributed by atoms with van der Waals surface area (Å²) in [4.78, 5) is 17.0. The van der Waals surface area contributed by atoms with Gasteiger partial charge in [0.2, 0.25) is 0 Å². The number of ether oxygens (including phenoxy) is 1. The lowest BCUT2D eigenvalue weighted by atomic mass is 10.2. The van der Waals surface area contributed by atoms with Crippen LogP contribution in [0.5, 0.6) is 5.75 Å². The molecule has 0 unspecified atom stereocenters. The topological polar surface area (TPSA) is 55.6 Å². The fourth-order valence-electron chi connectivity index (χ4n) is 2.41. The molecule has 3 aromatic rings. The SMILES string of the molecule is COc1ccc(NC(=O)c2c(C)nc3ccc(C)cn23)cc1. The second-order valence-electron chi connectivity index (χ2n) is 5.16. The molecule has 1 aromatic carbocycles. The summed E-state index contributed by atoms with van der Waals surface area (Å²) in [6.07, 6.45) is 1.91. The zero-order valence-electron chi connectivity index (χ0n) is 12.8. The Morgan fingerprint density at radius 2 is 1.86 bits per heavy atom. The van der Waals surface area contributed by atoms with E-state index in [1.54, 1.807) is 31.4 Å². The molecule has 0 aliphatic rings. The standard InChI is InChI=1S/C17H17N3O2/c1-11-4-9-15-18-12(2)16(20(15)10-11)17(21)19-13-5-7-14(22-3)8-6-13/h4-10H,1-3H3,(H,19,21). The summed E-state index contributed by atoms with van der Waals surface area (Å²) < 4.78 is 6.93. The minimum Gasteiger partial charge on any atom is -0.497 e. The third-order valence-electron chi connectivity index (χ3n) is 3.50. The number of nitrogens with one attached hydrogen (secondary N) is 1. The first-order chi connectivity index (χ1) is 10.6. The van der Waals surface area contributed by atoms with Crippen LogP contribution in [-0.4, -0.2) is 22.4 Å². The molecule has 2 heterocycles. The Hall–Kier alpha value is -2.82. The van der Waals surface area contributed by atoms with Gasteiger partial charge in [-0.25, -0.2) is 4.98 Å². The van der Waals surface area contributed by atoms with Gasteiger partial charge in [0, 0.05) is 11.9 Å². The van der Waals surface area contributed by atoms with Crippen molar-refractivity contribution in [2.45, 2.75) is 13.8 Å². The molecule has 5 heteroatoms. The van der Waals surface area contributed by atoms with Gasteiger partial charge in [0.1, 0.15) is 17.1 Å². The number of aromatic nitrogens is 2. The van der Waals surface area contributed by atoms with Crippen molar-refractivity contribution >= 4 is 17.2 Å². The Kier molecular flexibility index (Phi) is 3.55. The molecule has 0 radical (unpaired) electrons. The normalized spacial score (nSPS) is 10.7. The van der Waals surface area contributed by atoms with E-state index < -0.39 is 0 Å². The number of benzene rings is 1. The molecule has 1 N–H and O–H groups in total. The van der Waals surface area contributed by atoms with Crippen LogP contribution in [0.2, 0.25) is 0 Å². The van der Waals surface area contributed by atoms with E-state index in [4.69, 9.17) is 4.74 Å². The number of hydrogen-bond acceptors (Lipinski definition) is 3. The number of methoxy groups -OCH3 is 1. The first-order valence-electron chi connectivity index (χ1n) is 6.99. The number of carbonyl (C=O) groups is 1. The fraction of sp³-hybridized carbons (Fsp3) is 0.176. The van der Waals surface area contributed by atoms with Crippen molar-refractivity contribution in [2.24, 2.45) is 0 Å². The van der Waals surface area contributed by atoms with Gasteiger partial charge >= 0.3 is 0 Å². The maximum Gasteiger partial charge on any atom is 0.274 e. The van der Waals surface area contributed by atoms with Crippen LogP contribution in [0.15, 0.2) is 42.6 Å². The number of pyridine rings is 1. The van der Waals surface area contributed by atoms with Gasteiger partial charge in [-0.3, -0.25) is 9.20 Å².